The molecule has 0 saturated carbocycles. The summed E-state index contributed by atoms with van der Waals surface area (Å²) in [6, 6.07) is 5.28. The van der Waals surface area contributed by atoms with E-state index in [9.17, 15) is 4.79 Å². The van der Waals surface area contributed by atoms with Crippen molar-refractivity contribution in [3.05, 3.63) is 51.0 Å². The molecule has 19 heavy (non-hydrogen) atoms. The van der Waals surface area contributed by atoms with Crippen LogP contribution in [0.3, 0.4) is 0 Å². The van der Waals surface area contributed by atoms with E-state index in [-0.39, 0.29) is 11.1 Å². The zero-order valence-corrected chi connectivity index (χ0v) is 12.7. The average molecular weight is 341 g/mol. The molecule has 0 aliphatic carbocycles. The lowest BCUT2D eigenvalue weighted by atomic mass is 10.2. The van der Waals surface area contributed by atoms with E-state index in [1.807, 2.05) is 26.0 Å². The molecular weight excluding hydrogens is 330 g/mol. The average Bonchev–Trinajstić information content (AvgIpc) is 2.35. The summed E-state index contributed by atoms with van der Waals surface area (Å²) < 4.78 is 0.695. The number of amides is 1. The number of anilines is 1. The Hall–Kier alpha value is -1.46. The SMILES string of the molecule is Cc1ccc(NC(=O)c2cc(Br)cnc2Cl)c(C)n1. The lowest BCUT2D eigenvalue weighted by Crippen LogP contribution is -2.14. The number of hydrogen-bond donors (Lipinski definition) is 1. The second kappa shape index (κ2) is 5.67. The van der Waals surface area contributed by atoms with Gasteiger partial charge in [-0.15, -0.1) is 0 Å². The first-order chi connectivity index (χ1) is 8.97. The highest BCUT2D eigenvalue weighted by Crippen LogP contribution is 2.20. The van der Waals surface area contributed by atoms with Gasteiger partial charge in [0.2, 0.25) is 0 Å². The van der Waals surface area contributed by atoms with Gasteiger partial charge in [-0.2, -0.15) is 0 Å². The molecule has 2 aromatic rings. The zero-order chi connectivity index (χ0) is 14.0. The highest BCUT2D eigenvalue weighted by atomic mass is 79.9. The monoisotopic (exact) mass is 339 g/mol. The smallest absolute Gasteiger partial charge is 0.258 e. The first kappa shape index (κ1) is 14.0. The van der Waals surface area contributed by atoms with Crippen molar-refractivity contribution >= 4 is 39.1 Å². The maximum absolute atomic E-state index is 12.1. The van der Waals surface area contributed by atoms with Crippen LogP contribution in [-0.2, 0) is 0 Å². The van der Waals surface area contributed by atoms with Crippen LogP contribution in [0.5, 0.6) is 0 Å². The van der Waals surface area contributed by atoms with Gasteiger partial charge in [-0.05, 0) is 48.0 Å². The van der Waals surface area contributed by atoms with Crippen molar-refractivity contribution < 1.29 is 4.79 Å². The minimum atomic E-state index is -0.312. The van der Waals surface area contributed by atoms with Gasteiger partial charge in [0, 0.05) is 16.4 Å². The van der Waals surface area contributed by atoms with Gasteiger partial charge in [0.05, 0.1) is 16.9 Å². The van der Waals surface area contributed by atoms with Gasteiger partial charge in [-0.1, -0.05) is 11.6 Å². The van der Waals surface area contributed by atoms with Crippen molar-refractivity contribution in [3.8, 4) is 0 Å². The molecular formula is C13H11BrClN3O. The fourth-order valence-corrected chi connectivity index (χ4v) is 2.11. The van der Waals surface area contributed by atoms with Crippen molar-refractivity contribution in [1.29, 1.82) is 0 Å². The number of halogens is 2. The Labute approximate surface area is 124 Å². The van der Waals surface area contributed by atoms with Gasteiger partial charge in [-0.3, -0.25) is 9.78 Å². The van der Waals surface area contributed by atoms with Crippen LogP contribution in [-0.4, -0.2) is 15.9 Å². The molecule has 2 rings (SSSR count). The third kappa shape index (κ3) is 3.30. The Balaban J connectivity index is 2.28. The van der Waals surface area contributed by atoms with Crippen molar-refractivity contribution in [2.24, 2.45) is 0 Å². The van der Waals surface area contributed by atoms with Crippen molar-refractivity contribution in [2.45, 2.75) is 13.8 Å². The Bertz CT molecular complexity index is 646. The molecule has 0 aliphatic rings. The molecule has 0 bridgehead atoms. The third-order valence-electron chi connectivity index (χ3n) is 2.52. The number of hydrogen-bond acceptors (Lipinski definition) is 3. The van der Waals surface area contributed by atoms with Crippen LogP contribution in [0.1, 0.15) is 21.7 Å². The summed E-state index contributed by atoms with van der Waals surface area (Å²) in [4.78, 5) is 20.3. The van der Waals surface area contributed by atoms with Crippen LogP contribution in [0.2, 0.25) is 5.15 Å². The predicted molar refractivity (Wildman–Crippen MR) is 78.6 cm³/mol. The molecule has 1 N–H and O–H groups in total. The fourth-order valence-electron chi connectivity index (χ4n) is 1.59. The van der Waals surface area contributed by atoms with Crippen LogP contribution < -0.4 is 5.32 Å². The lowest BCUT2D eigenvalue weighted by Gasteiger charge is -2.09. The molecule has 0 fully saturated rings. The minimum absolute atomic E-state index is 0.165. The van der Waals surface area contributed by atoms with E-state index in [0.717, 1.165) is 11.4 Å². The molecule has 0 radical (unpaired) electrons. The topological polar surface area (TPSA) is 54.9 Å². The number of pyridine rings is 2. The number of rotatable bonds is 2. The summed E-state index contributed by atoms with van der Waals surface area (Å²) in [7, 11) is 0. The Morgan fingerprint density at radius 1 is 1.37 bits per heavy atom. The van der Waals surface area contributed by atoms with Crippen LogP contribution >= 0.6 is 27.5 Å². The Morgan fingerprint density at radius 2 is 2.11 bits per heavy atom. The first-order valence-corrected chi connectivity index (χ1v) is 6.71. The van der Waals surface area contributed by atoms with Gasteiger partial charge in [-0.25, -0.2) is 4.98 Å². The highest BCUT2D eigenvalue weighted by molar-refractivity contribution is 9.10. The van der Waals surface area contributed by atoms with Crippen molar-refractivity contribution in [3.63, 3.8) is 0 Å². The number of aryl methyl sites for hydroxylation is 2. The summed E-state index contributed by atoms with van der Waals surface area (Å²) in [6.45, 7) is 3.73. The van der Waals surface area contributed by atoms with Gasteiger partial charge in [0.25, 0.3) is 5.91 Å². The Morgan fingerprint density at radius 3 is 2.79 bits per heavy atom. The molecule has 6 heteroatoms. The molecule has 0 spiro atoms. The van der Waals surface area contributed by atoms with E-state index in [1.165, 1.54) is 6.20 Å². The van der Waals surface area contributed by atoms with E-state index in [1.54, 1.807) is 6.07 Å². The van der Waals surface area contributed by atoms with E-state index < -0.39 is 0 Å². The largest absolute Gasteiger partial charge is 0.320 e. The van der Waals surface area contributed by atoms with Crippen LogP contribution in [0.4, 0.5) is 5.69 Å². The maximum Gasteiger partial charge on any atom is 0.258 e. The predicted octanol–water partition coefficient (Wildman–Crippen LogP) is 3.76. The van der Waals surface area contributed by atoms with Crippen molar-refractivity contribution in [1.82, 2.24) is 9.97 Å². The third-order valence-corrected chi connectivity index (χ3v) is 3.26. The number of nitrogens with one attached hydrogen (secondary N) is 1. The fraction of sp³-hybridized carbons (Fsp3) is 0.154. The molecule has 0 atom stereocenters. The van der Waals surface area contributed by atoms with Crippen LogP contribution in [0.15, 0.2) is 28.9 Å². The number of nitrogens with zero attached hydrogens (tertiary/aromatic N) is 2. The normalized spacial score (nSPS) is 10.3. The summed E-state index contributed by atoms with van der Waals surface area (Å²) in [5.41, 5.74) is 2.63. The lowest BCUT2D eigenvalue weighted by molar-refractivity contribution is 0.102. The van der Waals surface area contributed by atoms with Gasteiger partial charge >= 0.3 is 0 Å². The molecule has 2 heterocycles. The zero-order valence-electron chi connectivity index (χ0n) is 10.4. The second-order valence-electron chi connectivity index (χ2n) is 4.03. The van der Waals surface area contributed by atoms with E-state index in [4.69, 9.17) is 11.6 Å². The summed E-state index contributed by atoms with van der Waals surface area (Å²) in [6.07, 6.45) is 1.54. The molecule has 0 aromatic carbocycles. The molecule has 1 amide bonds. The second-order valence-corrected chi connectivity index (χ2v) is 5.31. The summed E-state index contributed by atoms with van der Waals surface area (Å²) >= 11 is 9.17. The molecule has 0 aliphatic heterocycles. The molecule has 98 valence electrons. The minimum Gasteiger partial charge on any atom is -0.320 e. The van der Waals surface area contributed by atoms with Crippen molar-refractivity contribution in [2.75, 3.05) is 5.32 Å². The Kier molecular flexibility index (Phi) is 4.17. The summed E-state index contributed by atoms with van der Waals surface area (Å²) in [5, 5.41) is 2.94. The standard InChI is InChI=1S/C13H11BrClN3O/c1-7-3-4-11(8(2)17-7)18-13(19)10-5-9(14)6-16-12(10)15/h3-6H,1-2H3,(H,18,19). The molecule has 0 unspecified atom stereocenters. The molecule has 2 aromatic heterocycles. The van der Waals surface area contributed by atoms with Gasteiger partial charge in [0.15, 0.2) is 0 Å². The summed E-state index contributed by atoms with van der Waals surface area (Å²) in [5.74, 6) is -0.312. The number of carbonyl (C=O) groups is 1. The maximum atomic E-state index is 12.1. The van der Waals surface area contributed by atoms with E-state index >= 15 is 0 Å². The quantitative estimate of drug-likeness (QED) is 0.847. The number of aromatic nitrogens is 2. The van der Waals surface area contributed by atoms with E-state index in [2.05, 4.69) is 31.2 Å². The van der Waals surface area contributed by atoms with Crippen LogP contribution in [0, 0.1) is 13.8 Å². The van der Waals surface area contributed by atoms with E-state index in [0.29, 0.717) is 15.7 Å². The number of carbonyl (C=O) groups excluding carboxylic acids is 1. The van der Waals surface area contributed by atoms with Gasteiger partial charge in [0.1, 0.15) is 5.15 Å². The van der Waals surface area contributed by atoms with Crippen LogP contribution in [0.25, 0.3) is 0 Å². The van der Waals surface area contributed by atoms with Gasteiger partial charge < -0.3 is 5.32 Å². The molecule has 4 nitrogen and oxygen atoms in total. The molecule has 0 saturated heterocycles. The highest BCUT2D eigenvalue weighted by Gasteiger charge is 2.13. The first-order valence-electron chi connectivity index (χ1n) is 5.54.